The summed E-state index contributed by atoms with van der Waals surface area (Å²) < 4.78 is 0. The maximum Gasteiger partial charge on any atom is 0.330 e. The third-order valence-electron chi connectivity index (χ3n) is 5.98. The molecular weight excluding hydrogens is 296 g/mol. The summed E-state index contributed by atoms with van der Waals surface area (Å²) in [7, 11) is 0. The lowest BCUT2D eigenvalue weighted by Gasteiger charge is -2.56. The molecule has 24 heavy (non-hydrogen) atoms. The number of aliphatic carboxylic acids is 1. The average Bonchev–Trinajstić information content (AvgIpc) is 2.54. The second kappa shape index (κ2) is 6.96. The van der Waals surface area contributed by atoms with Gasteiger partial charge in [-0.25, -0.2) is 4.79 Å². The molecule has 1 aromatic rings. The van der Waals surface area contributed by atoms with Crippen LogP contribution in [0, 0.1) is 23.2 Å². The molecule has 2 heteroatoms. The van der Waals surface area contributed by atoms with E-state index in [4.69, 9.17) is 5.11 Å². The molecule has 0 amide bonds. The highest BCUT2D eigenvalue weighted by Gasteiger charge is 2.49. The van der Waals surface area contributed by atoms with Crippen molar-refractivity contribution in [2.75, 3.05) is 0 Å². The fourth-order valence-electron chi connectivity index (χ4n) is 5.46. The van der Waals surface area contributed by atoms with E-state index in [9.17, 15) is 4.79 Å². The summed E-state index contributed by atoms with van der Waals surface area (Å²) in [5.74, 6) is 1.94. The molecular formula is C22H28O2. The second-order valence-electron chi connectivity index (χ2n) is 8.03. The van der Waals surface area contributed by atoms with Crippen LogP contribution in [-0.2, 0) is 4.79 Å². The monoisotopic (exact) mass is 324 g/mol. The molecule has 0 atom stereocenters. The Morgan fingerprint density at radius 2 is 1.58 bits per heavy atom. The van der Waals surface area contributed by atoms with Crippen molar-refractivity contribution in [3.8, 4) is 0 Å². The summed E-state index contributed by atoms with van der Waals surface area (Å²) in [6.07, 6.45) is 11.9. The summed E-state index contributed by atoms with van der Waals surface area (Å²) in [5.41, 5.74) is 1.99. The van der Waals surface area contributed by atoms with E-state index in [2.05, 4.69) is 12.7 Å². The normalized spacial score (nSPS) is 33.5. The molecule has 0 aromatic heterocycles. The highest BCUT2D eigenvalue weighted by atomic mass is 16.4. The molecule has 0 aliphatic heterocycles. The number of hydrogen-bond acceptors (Lipinski definition) is 1. The van der Waals surface area contributed by atoms with E-state index >= 15 is 0 Å². The van der Waals surface area contributed by atoms with Crippen LogP contribution in [0.25, 0.3) is 6.08 Å². The van der Waals surface area contributed by atoms with Gasteiger partial charge >= 0.3 is 5.97 Å². The summed E-state index contributed by atoms with van der Waals surface area (Å²) >= 11 is 0. The highest BCUT2D eigenvalue weighted by molar-refractivity contribution is 5.85. The number of rotatable bonds is 3. The van der Waals surface area contributed by atoms with Crippen molar-refractivity contribution in [1.82, 2.24) is 0 Å². The van der Waals surface area contributed by atoms with Crippen LogP contribution in [0.4, 0.5) is 0 Å². The van der Waals surface area contributed by atoms with E-state index in [-0.39, 0.29) is 5.41 Å². The van der Waals surface area contributed by atoms with Crippen LogP contribution in [0.5, 0.6) is 0 Å². The first kappa shape index (κ1) is 17.0. The van der Waals surface area contributed by atoms with Gasteiger partial charge in [0.1, 0.15) is 0 Å². The minimum absolute atomic E-state index is 0.261. The molecule has 4 aliphatic carbocycles. The standard InChI is InChI=1S/C14H20O2.C8H8/c1-9(13(15)16)5-14-6-10-2-11(7-14)4-12(3-10)8-14;1-2-8-6-4-3-5-7-8/h5,10-12H,2-4,6-8H2,1H3,(H,15,16);2-7H,1H2. The second-order valence-corrected chi connectivity index (χ2v) is 8.03. The van der Waals surface area contributed by atoms with Gasteiger partial charge in [-0.1, -0.05) is 49.1 Å². The zero-order chi connectivity index (χ0) is 17.2. The summed E-state index contributed by atoms with van der Waals surface area (Å²) in [4.78, 5) is 11.0. The van der Waals surface area contributed by atoms with Gasteiger partial charge in [-0.2, -0.15) is 0 Å². The smallest absolute Gasteiger partial charge is 0.330 e. The Morgan fingerprint density at radius 3 is 1.96 bits per heavy atom. The van der Waals surface area contributed by atoms with Crippen LogP contribution in [0.1, 0.15) is 51.0 Å². The van der Waals surface area contributed by atoms with Gasteiger partial charge in [-0.05, 0) is 74.2 Å². The van der Waals surface area contributed by atoms with Crippen LogP contribution in [0.3, 0.4) is 0 Å². The predicted octanol–water partition coefficient (Wildman–Crippen LogP) is 5.56. The van der Waals surface area contributed by atoms with Gasteiger partial charge < -0.3 is 5.11 Å². The molecule has 0 unspecified atom stereocenters. The van der Waals surface area contributed by atoms with E-state index in [1.54, 1.807) is 6.92 Å². The lowest BCUT2D eigenvalue weighted by Crippen LogP contribution is -2.45. The summed E-state index contributed by atoms with van der Waals surface area (Å²) in [6, 6.07) is 10.0. The van der Waals surface area contributed by atoms with Gasteiger partial charge in [-0.15, -0.1) is 0 Å². The molecule has 4 bridgehead atoms. The number of benzene rings is 1. The first-order valence-corrected chi connectivity index (χ1v) is 9.10. The Hall–Kier alpha value is -1.83. The number of carbonyl (C=O) groups is 1. The fourth-order valence-corrected chi connectivity index (χ4v) is 5.46. The molecule has 4 saturated carbocycles. The van der Waals surface area contributed by atoms with Crippen molar-refractivity contribution < 1.29 is 9.90 Å². The van der Waals surface area contributed by atoms with Crippen LogP contribution < -0.4 is 0 Å². The lowest BCUT2D eigenvalue weighted by atomic mass is 9.49. The van der Waals surface area contributed by atoms with Gasteiger partial charge in [0, 0.05) is 5.57 Å². The molecule has 4 fully saturated rings. The van der Waals surface area contributed by atoms with E-state index < -0.39 is 5.97 Å². The molecule has 4 aliphatic rings. The van der Waals surface area contributed by atoms with Crippen molar-refractivity contribution in [2.24, 2.45) is 23.2 Å². The van der Waals surface area contributed by atoms with Crippen molar-refractivity contribution in [3.63, 3.8) is 0 Å². The Labute approximate surface area is 145 Å². The molecule has 2 nitrogen and oxygen atoms in total. The zero-order valence-corrected chi connectivity index (χ0v) is 14.6. The van der Waals surface area contributed by atoms with E-state index in [0.29, 0.717) is 5.57 Å². The zero-order valence-electron chi connectivity index (χ0n) is 14.6. The highest BCUT2D eigenvalue weighted by Crippen LogP contribution is 2.60. The van der Waals surface area contributed by atoms with Crippen LogP contribution in [-0.4, -0.2) is 11.1 Å². The molecule has 0 radical (unpaired) electrons. The Morgan fingerprint density at radius 1 is 1.08 bits per heavy atom. The van der Waals surface area contributed by atoms with E-state index in [0.717, 1.165) is 17.8 Å². The quantitative estimate of drug-likeness (QED) is 0.739. The SMILES string of the molecule is C=Cc1ccccc1.CC(=CC12CC3CC(CC(C3)C1)C2)C(=O)O. The van der Waals surface area contributed by atoms with Gasteiger partial charge in [-0.3, -0.25) is 0 Å². The maximum atomic E-state index is 11.0. The number of allylic oxidation sites excluding steroid dienone is 1. The van der Waals surface area contributed by atoms with Crippen molar-refractivity contribution in [2.45, 2.75) is 45.4 Å². The molecule has 1 N–H and O–H groups in total. The first-order valence-electron chi connectivity index (χ1n) is 9.10. The Kier molecular flexibility index (Phi) is 4.93. The first-order chi connectivity index (χ1) is 11.5. The molecule has 5 rings (SSSR count). The number of hydrogen-bond donors (Lipinski definition) is 1. The predicted molar refractivity (Wildman–Crippen MR) is 98.5 cm³/mol. The number of carboxylic acid groups (broad SMARTS) is 1. The maximum absolute atomic E-state index is 11.0. The molecule has 0 heterocycles. The fraction of sp³-hybridized carbons (Fsp3) is 0.500. The lowest BCUT2D eigenvalue weighted by molar-refractivity contribution is -0.132. The van der Waals surface area contributed by atoms with Crippen molar-refractivity contribution in [3.05, 3.63) is 54.1 Å². The molecule has 0 saturated heterocycles. The van der Waals surface area contributed by atoms with Gasteiger partial charge in [0.05, 0.1) is 0 Å². The third-order valence-corrected chi connectivity index (χ3v) is 5.98. The van der Waals surface area contributed by atoms with Crippen molar-refractivity contribution in [1.29, 1.82) is 0 Å². The van der Waals surface area contributed by atoms with E-state index in [1.807, 2.05) is 36.4 Å². The van der Waals surface area contributed by atoms with Crippen LogP contribution >= 0.6 is 0 Å². The van der Waals surface area contributed by atoms with Crippen molar-refractivity contribution >= 4 is 12.0 Å². The molecule has 0 spiro atoms. The van der Waals surface area contributed by atoms with Gasteiger partial charge in [0.15, 0.2) is 0 Å². The molecule has 128 valence electrons. The topological polar surface area (TPSA) is 37.3 Å². The minimum atomic E-state index is -0.740. The summed E-state index contributed by atoms with van der Waals surface area (Å²) in [6.45, 7) is 5.38. The van der Waals surface area contributed by atoms with Gasteiger partial charge in [0.25, 0.3) is 0 Å². The Bertz CT molecular complexity index is 591. The third kappa shape index (κ3) is 3.80. The average molecular weight is 324 g/mol. The van der Waals surface area contributed by atoms with Crippen LogP contribution in [0.2, 0.25) is 0 Å². The minimum Gasteiger partial charge on any atom is -0.478 e. The number of carboxylic acids is 1. The molecule has 1 aromatic carbocycles. The largest absolute Gasteiger partial charge is 0.478 e. The van der Waals surface area contributed by atoms with E-state index in [1.165, 1.54) is 44.1 Å². The van der Waals surface area contributed by atoms with Gasteiger partial charge in [0.2, 0.25) is 0 Å². The Balaban J connectivity index is 0.000000179. The van der Waals surface area contributed by atoms with Crippen LogP contribution in [0.15, 0.2) is 48.6 Å². The summed E-state index contributed by atoms with van der Waals surface area (Å²) in [5, 5.41) is 9.02.